The molecule has 0 unspecified atom stereocenters. The van der Waals surface area contributed by atoms with Gasteiger partial charge in [0.2, 0.25) is 0 Å². The van der Waals surface area contributed by atoms with E-state index in [2.05, 4.69) is 4.74 Å². The average molecular weight is 331 g/mol. The van der Waals surface area contributed by atoms with Crippen molar-refractivity contribution < 1.29 is 24.2 Å². The highest BCUT2D eigenvalue weighted by molar-refractivity contribution is 6.03. The van der Waals surface area contributed by atoms with E-state index in [1.54, 1.807) is 0 Å². The van der Waals surface area contributed by atoms with Crippen LogP contribution in [0.1, 0.15) is 20.7 Å². The molecule has 122 valence electrons. The second-order valence-corrected chi connectivity index (χ2v) is 4.55. The van der Waals surface area contributed by atoms with E-state index >= 15 is 0 Å². The third-order valence-corrected chi connectivity index (χ3v) is 2.89. The molecule has 2 aromatic rings. The quantitative estimate of drug-likeness (QED) is 0.293. The first-order chi connectivity index (χ1) is 11.3. The van der Waals surface area contributed by atoms with Crippen molar-refractivity contribution in [2.24, 2.45) is 0 Å². The molecular weight excluding hydrogens is 322 g/mol. The van der Waals surface area contributed by atoms with Gasteiger partial charge in [-0.1, -0.05) is 0 Å². The fourth-order valence-electron chi connectivity index (χ4n) is 1.75. The molecule has 0 aliphatic heterocycles. The summed E-state index contributed by atoms with van der Waals surface area (Å²) in [7, 11) is 0. The maximum Gasteiger partial charge on any atom is 0.346 e. The summed E-state index contributed by atoms with van der Waals surface area (Å²) in [5, 5.41) is 21.6. The van der Waals surface area contributed by atoms with Gasteiger partial charge in [-0.2, -0.15) is 0 Å². The zero-order valence-electron chi connectivity index (χ0n) is 11.9. The Hall–Kier alpha value is -3.82. The van der Waals surface area contributed by atoms with Gasteiger partial charge in [-0.3, -0.25) is 20.2 Å². The van der Waals surface area contributed by atoms with Crippen LogP contribution in [0.5, 0.6) is 0 Å². The molecule has 10 nitrogen and oxygen atoms in total. The number of ether oxygens (including phenoxy) is 1. The molecule has 0 saturated carbocycles. The fraction of sp³-hybridized carbons (Fsp3) is 0. The number of nitrogen functional groups attached to an aromatic ring is 1. The standard InChI is InChI=1S/C14H9N3O7/c15-10-3-1-8(2-4-10)13(18)24-14(19)9-5-11(16(20)21)7-12(6-9)17(22)23/h1-7H,15H2. The maximum atomic E-state index is 11.9. The first-order valence-electron chi connectivity index (χ1n) is 6.34. The molecule has 0 bridgehead atoms. The number of esters is 2. The maximum absolute atomic E-state index is 11.9. The molecule has 0 spiro atoms. The summed E-state index contributed by atoms with van der Waals surface area (Å²) in [6.07, 6.45) is 0. The predicted molar refractivity (Wildman–Crippen MR) is 80.4 cm³/mol. The number of rotatable bonds is 4. The molecule has 2 aromatic carbocycles. The van der Waals surface area contributed by atoms with Crippen LogP contribution in [0.25, 0.3) is 0 Å². The normalized spacial score (nSPS) is 10.0. The summed E-state index contributed by atoms with van der Waals surface area (Å²) in [6.45, 7) is 0. The van der Waals surface area contributed by atoms with Gasteiger partial charge >= 0.3 is 11.9 Å². The second kappa shape index (κ2) is 6.52. The topological polar surface area (TPSA) is 156 Å². The van der Waals surface area contributed by atoms with Crippen LogP contribution in [0, 0.1) is 20.2 Å². The van der Waals surface area contributed by atoms with Crippen LogP contribution in [-0.4, -0.2) is 21.8 Å². The van der Waals surface area contributed by atoms with Crippen LogP contribution >= 0.6 is 0 Å². The smallest absolute Gasteiger partial charge is 0.346 e. The number of carbonyl (C=O) groups is 2. The van der Waals surface area contributed by atoms with Gasteiger partial charge in [0.15, 0.2) is 0 Å². The van der Waals surface area contributed by atoms with E-state index in [1.807, 2.05) is 0 Å². The first kappa shape index (κ1) is 16.5. The van der Waals surface area contributed by atoms with Crippen molar-refractivity contribution in [1.29, 1.82) is 0 Å². The van der Waals surface area contributed by atoms with Crippen LogP contribution in [0.3, 0.4) is 0 Å². The highest BCUT2D eigenvalue weighted by atomic mass is 16.6. The summed E-state index contributed by atoms with van der Waals surface area (Å²) in [5.74, 6) is -2.27. The van der Waals surface area contributed by atoms with Gasteiger partial charge in [-0.25, -0.2) is 9.59 Å². The molecule has 0 atom stereocenters. The fourth-order valence-corrected chi connectivity index (χ4v) is 1.75. The van der Waals surface area contributed by atoms with E-state index in [4.69, 9.17) is 5.73 Å². The lowest BCUT2D eigenvalue weighted by Gasteiger charge is -2.04. The van der Waals surface area contributed by atoms with Gasteiger partial charge < -0.3 is 10.5 Å². The van der Waals surface area contributed by atoms with E-state index in [0.717, 1.165) is 12.1 Å². The summed E-state index contributed by atoms with van der Waals surface area (Å²) in [6, 6.07) is 7.73. The molecule has 0 aromatic heterocycles. The van der Waals surface area contributed by atoms with E-state index in [1.165, 1.54) is 24.3 Å². The molecule has 0 radical (unpaired) electrons. The number of anilines is 1. The Bertz CT molecular complexity index is 814. The van der Waals surface area contributed by atoms with Crippen molar-refractivity contribution in [2.75, 3.05) is 5.73 Å². The number of nitro benzene ring substituents is 2. The Morgan fingerprint density at radius 1 is 0.833 bits per heavy atom. The molecule has 0 saturated heterocycles. The Morgan fingerprint density at radius 2 is 1.29 bits per heavy atom. The number of carbonyl (C=O) groups excluding carboxylic acids is 2. The van der Waals surface area contributed by atoms with Gasteiger partial charge in [0.25, 0.3) is 11.4 Å². The molecule has 2 rings (SSSR count). The third kappa shape index (κ3) is 3.68. The van der Waals surface area contributed by atoms with Gasteiger partial charge in [-0.15, -0.1) is 0 Å². The zero-order chi connectivity index (χ0) is 17.9. The third-order valence-electron chi connectivity index (χ3n) is 2.89. The van der Waals surface area contributed by atoms with Gasteiger partial charge in [0, 0.05) is 17.8 Å². The number of hydrogen-bond acceptors (Lipinski definition) is 8. The summed E-state index contributed by atoms with van der Waals surface area (Å²) >= 11 is 0. The van der Waals surface area contributed by atoms with Crippen molar-refractivity contribution in [3.05, 3.63) is 73.8 Å². The monoisotopic (exact) mass is 331 g/mol. The molecular formula is C14H9N3O7. The Balaban J connectivity index is 2.28. The van der Waals surface area contributed by atoms with Crippen LogP contribution in [-0.2, 0) is 4.74 Å². The number of nitrogens with zero attached hydrogens (tertiary/aromatic N) is 2. The zero-order valence-corrected chi connectivity index (χ0v) is 11.9. The molecule has 2 N–H and O–H groups in total. The number of non-ortho nitro benzene ring substituents is 2. The largest absolute Gasteiger partial charge is 0.399 e. The Kier molecular flexibility index (Phi) is 4.50. The molecule has 0 aliphatic rings. The summed E-state index contributed by atoms with van der Waals surface area (Å²) in [5.41, 5.74) is 4.06. The number of hydrogen-bond donors (Lipinski definition) is 1. The molecule has 0 heterocycles. The van der Waals surface area contributed by atoms with Crippen molar-refractivity contribution in [2.45, 2.75) is 0 Å². The van der Waals surface area contributed by atoms with E-state index < -0.39 is 38.7 Å². The average Bonchev–Trinajstić information content (AvgIpc) is 2.54. The number of benzene rings is 2. The molecule has 0 aliphatic carbocycles. The second-order valence-electron chi connectivity index (χ2n) is 4.55. The van der Waals surface area contributed by atoms with E-state index in [0.29, 0.717) is 11.8 Å². The molecule has 0 amide bonds. The Morgan fingerprint density at radius 3 is 1.75 bits per heavy atom. The minimum Gasteiger partial charge on any atom is -0.399 e. The minimum absolute atomic E-state index is 0.0254. The molecule has 24 heavy (non-hydrogen) atoms. The Labute approximate surface area is 133 Å². The van der Waals surface area contributed by atoms with Gasteiger partial charge in [0.1, 0.15) is 0 Å². The van der Waals surface area contributed by atoms with Crippen molar-refractivity contribution in [3.63, 3.8) is 0 Å². The van der Waals surface area contributed by atoms with Crippen molar-refractivity contribution in [3.8, 4) is 0 Å². The highest BCUT2D eigenvalue weighted by Crippen LogP contribution is 2.23. The van der Waals surface area contributed by atoms with Crippen LogP contribution in [0.15, 0.2) is 42.5 Å². The highest BCUT2D eigenvalue weighted by Gasteiger charge is 2.22. The molecule has 0 fully saturated rings. The van der Waals surface area contributed by atoms with Crippen LogP contribution in [0.2, 0.25) is 0 Å². The first-order valence-corrected chi connectivity index (χ1v) is 6.34. The summed E-state index contributed by atoms with van der Waals surface area (Å²) in [4.78, 5) is 43.5. The number of nitro groups is 2. The van der Waals surface area contributed by atoms with Crippen LogP contribution < -0.4 is 5.73 Å². The number of nitrogens with two attached hydrogens (primary N) is 1. The van der Waals surface area contributed by atoms with Crippen molar-refractivity contribution in [1.82, 2.24) is 0 Å². The van der Waals surface area contributed by atoms with Crippen LogP contribution in [0.4, 0.5) is 17.1 Å². The predicted octanol–water partition coefficient (Wildman–Crippen LogP) is 2.08. The lowest BCUT2D eigenvalue weighted by atomic mass is 10.1. The van der Waals surface area contributed by atoms with Crippen molar-refractivity contribution >= 4 is 29.0 Å². The van der Waals surface area contributed by atoms with Gasteiger partial charge in [-0.05, 0) is 24.3 Å². The lowest BCUT2D eigenvalue weighted by molar-refractivity contribution is -0.394. The minimum atomic E-state index is -1.25. The van der Waals surface area contributed by atoms with E-state index in [-0.39, 0.29) is 5.56 Å². The van der Waals surface area contributed by atoms with Gasteiger partial charge in [0.05, 0.1) is 27.0 Å². The SMILES string of the molecule is Nc1ccc(C(=O)OC(=O)c2cc([N+](=O)[O-])cc([N+](=O)[O-])c2)cc1. The van der Waals surface area contributed by atoms with E-state index in [9.17, 15) is 29.8 Å². The lowest BCUT2D eigenvalue weighted by Crippen LogP contribution is -2.13. The molecule has 10 heteroatoms. The summed E-state index contributed by atoms with van der Waals surface area (Å²) < 4.78 is 4.57.